The zero-order valence-electron chi connectivity index (χ0n) is 18.2. The molecule has 0 saturated heterocycles. The molecular formula is C31H18N2O. The maximum atomic E-state index is 7.36. The molecule has 0 aliphatic heterocycles. The summed E-state index contributed by atoms with van der Waals surface area (Å²) in [4.78, 5) is 3.58. The summed E-state index contributed by atoms with van der Waals surface area (Å²) in [7, 11) is 0. The Bertz CT molecular complexity index is 1880. The lowest BCUT2D eigenvalue weighted by Crippen LogP contribution is -1.94. The van der Waals surface area contributed by atoms with Gasteiger partial charge >= 0.3 is 0 Å². The number of nitrogens with zero attached hydrogens (tertiary/aromatic N) is 2. The lowest BCUT2D eigenvalue weighted by atomic mass is 10.0. The van der Waals surface area contributed by atoms with Crippen molar-refractivity contribution in [2.75, 3.05) is 0 Å². The summed E-state index contributed by atoms with van der Waals surface area (Å²) in [5, 5.41) is 4.51. The maximum absolute atomic E-state index is 7.36. The van der Waals surface area contributed by atoms with Gasteiger partial charge in [-0.2, -0.15) is 0 Å². The molecule has 0 amide bonds. The second-order valence-electron chi connectivity index (χ2n) is 8.53. The molecule has 34 heavy (non-hydrogen) atoms. The topological polar surface area (TPSA) is 22.4 Å². The van der Waals surface area contributed by atoms with E-state index in [1.807, 2.05) is 18.2 Å². The van der Waals surface area contributed by atoms with Crippen LogP contribution in [0.1, 0.15) is 0 Å². The molecular weight excluding hydrogens is 416 g/mol. The first-order chi connectivity index (χ1) is 16.8. The summed E-state index contributed by atoms with van der Waals surface area (Å²) in [6, 6.07) is 37.7. The van der Waals surface area contributed by atoms with Gasteiger partial charge in [-0.3, -0.25) is 0 Å². The van der Waals surface area contributed by atoms with Crippen LogP contribution < -0.4 is 0 Å². The maximum Gasteiger partial charge on any atom is 0.188 e. The highest BCUT2D eigenvalue weighted by atomic mass is 16.3. The van der Waals surface area contributed by atoms with Gasteiger partial charge in [0.1, 0.15) is 11.2 Å². The number of benzene rings is 5. The first kappa shape index (κ1) is 18.7. The molecule has 7 rings (SSSR count). The van der Waals surface area contributed by atoms with Crippen LogP contribution in [0, 0.1) is 6.57 Å². The van der Waals surface area contributed by atoms with Crippen molar-refractivity contribution in [3.8, 4) is 16.8 Å². The van der Waals surface area contributed by atoms with E-state index >= 15 is 0 Å². The van der Waals surface area contributed by atoms with Gasteiger partial charge < -0.3 is 8.98 Å². The molecule has 0 fully saturated rings. The Morgan fingerprint density at radius 3 is 1.94 bits per heavy atom. The van der Waals surface area contributed by atoms with Crippen molar-refractivity contribution in [1.29, 1.82) is 0 Å². The first-order valence-electron chi connectivity index (χ1n) is 11.2. The molecule has 2 aromatic heterocycles. The summed E-state index contributed by atoms with van der Waals surface area (Å²) in [5.41, 5.74) is 8.03. The average Bonchev–Trinajstić information content (AvgIpc) is 3.43. The van der Waals surface area contributed by atoms with Crippen molar-refractivity contribution in [3.05, 3.63) is 121 Å². The lowest BCUT2D eigenvalue weighted by Gasteiger charge is -2.10. The third-order valence-electron chi connectivity index (χ3n) is 6.60. The van der Waals surface area contributed by atoms with E-state index in [0.717, 1.165) is 38.8 Å². The van der Waals surface area contributed by atoms with Gasteiger partial charge in [-0.05, 0) is 59.7 Å². The fourth-order valence-electron chi connectivity index (χ4n) is 5.04. The normalized spacial score (nSPS) is 11.5. The van der Waals surface area contributed by atoms with E-state index in [4.69, 9.17) is 11.0 Å². The minimum Gasteiger partial charge on any atom is -0.456 e. The molecule has 0 spiro atoms. The average molecular weight is 434 g/mol. The summed E-state index contributed by atoms with van der Waals surface area (Å²) in [5.74, 6) is 0. The molecule has 5 aromatic carbocycles. The van der Waals surface area contributed by atoms with Crippen LogP contribution in [0.15, 0.2) is 114 Å². The Morgan fingerprint density at radius 1 is 0.559 bits per heavy atom. The number of hydrogen-bond donors (Lipinski definition) is 0. The minimum absolute atomic E-state index is 0.619. The van der Waals surface area contributed by atoms with E-state index in [1.54, 1.807) is 6.07 Å². The van der Waals surface area contributed by atoms with E-state index in [2.05, 4.69) is 94.3 Å². The molecule has 2 heterocycles. The fourth-order valence-corrected chi connectivity index (χ4v) is 5.04. The highest BCUT2D eigenvalue weighted by Crippen LogP contribution is 2.36. The van der Waals surface area contributed by atoms with Gasteiger partial charge in [-0.15, -0.1) is 0 Å². The predicted octanol–water partition coefficient (Wildman–Crippen LogP) is 8.90. The standard InChI is InChI=1S/C31H18N2O/c1-32-22-14-16-31-27(19-22)26-18-21(13-15-30(26)34-31)20-7-6-8-23(17-20)33-28-11-4-2-9-24(28)25-10-3-5-12-29(25)33/h2-19H. The Hall–Kier alpha value is -4.81. The number of furan rings is 1. The molecule has 0 aliphatic rings. The molecule has 0 unspecified atom stereocenters. The zero-order chi connectivity index (χ0) is 22.6. The van der Waals surface area contributed by atoms with Crippen molar-refractivity contribution in [2.24, 2.45) is 0 Å². The molecule has 0 saturated carbocycles. The molecule has 0 N–H and O–H groups in total. The smallest absolute Gasteiger partial charge is 0.188 e. The Labute approximate surface area is 195 Å². The van der Waals surface area contributed by atoms with Gasteiger partial charge in [0.05, 0.1) is 17.6 Å². The zero-order valence-corrected chi connectivity index (χ0v) is 18.2. The van der Waals surface area contributed by atoms with E-state index in [0.29, 0.717) is 5.69 Å². The molecule has 7 aromatic rings. The van der Waals surface area contributed by atoms with Crippen LogP contribution in [-0.4, -0.2) is 4.57 Å². The Kier molecular flexibility index (Phi) is 3.91. The lowest BCUT2D eigenvalue weighted by molar-refractivity contribution is 0.669. The van der Waals surface area contributed by atoms with Gasteiger partial charge in [-0.1, -0.05) is 60.7 Å². The monoisotopic (exact) mass is 434 g/mol. The highest BCUT2D eigenvalue weighted by molar-refractivity contribution is 6.09. The molecule has 0 bridgehead atoms. The van der Waals surface area contributed by atoms with Crippen molar-refractivity contribution < 1.29 is 4.42 Å². The largest absolute Gasteiger partial charge is 0.456 e. The second-order valence-corrected chi connectivity index (χ2v) is 8.53. The minimum atomic E-state index is 0.619. The van der Waals surface area contributed by atoms with Crippen LogP contribution in [0.2, 0.25) is 0 Å². The third-order valence-corrected chi connectivity index (χ3v) is 6.60. The van der Waals surface area contributed by atoms with Crippen molar-refractivity contribution in [1.82, 2.24) is 4.57 Å². The molecule has 0 aliphatic carbocycles. The number of para-hydroxylation sites is 2. The quantitative estimate of drug-likeness (QED) is 0.249. The number of rotatable bonds is 2. The predicted molar refractivity (Wildman–Crippen MR) is 140 cm³/mol. The summed E-state index contributed by atoms with van der Waals surface area (Å²) in [6.45, 7) is 7.36. The molecule has 3 heteroatoms. The highest BCUT2D eigenvalue weighted by Gasteiger charge is 2.13. The van der Waals surface area contributed by atoms with Crippen LogP contribution >= 0.6 is 0 Å². The summed E-state index contributed by atoms with van der Waals surface area (Å²) < 4.78 is 8.35. The second kappa shape index (κ2) is 7.10. The fraction of sp³-hybridized carbons (Fsp3) is 0. The number of hydrogen-bond acceptors (Lipinski definition) is 1. The Balaban J connectivity index is 1.44. The van der Waals surface area contributed by atoms with Gasteiger partial charge in [0.15, 0.2) is 5.69 Å². The van der Waals surface area contributed by atoms with Crippen molar-refractivity contribution >= 4 is 49.4 Å². The van der Waals surface area contributed by atoms with Crippen molar-refractivity contribution in [3.63, 3.8) is 0 Å². The van der Waals surface area contributed by atoms with Crippen LogP contribution in [0.5, 0.6) is 0 Å². The van der Waals surface area contributed by atoms with Crippen LogP contribution in [-0.2, 0) is 0 Å². The SMILES string of the molecule is [C-]#[N+]c1ccc2oc3ccc(-c4cccc(-n5c6ccccc6c6ccccc65)c4)cc3c2c1. The van der Waals surface area contributed by atoms with Crippen molar-refractivity contribution in [2.45, 2.75) is 0 Å². The first-order valence-corrected chi connectivity index (χ1v) is 11.2. The van der Waals surface area contributed by atoms with E-state index in [1.165, 1.54) is 21.8 Å². The van der Waals surface area contributed by atoms with Crippen LogP contribution in [0.4, 0.5) is 5.69 Å². The molecule has 3 nitrogen and oxygen atoms in total. The van der Waals surface area contributed by atoms with Gasteiger partial charge in [0.2, 0.25) is 0 Å². The van der Waals surface area contributed by atoms with Gasteiger partial charge in [-0.25, -0.2) is 4.85 Å². The number of fused-ring (bicyclic) bond motifs is 6. The Morgan fingerprint density at radius 2 is 1.21 bits per heavy atom. The number of aromatic nitrogens is 1. The van der Waals surface area contributed by atoms with Crippen LogP contribution in [0.25, 0.3) is 65.4 Å². The van der Waals surface area contributed by atoms with E-state index < -0.39 is 0 Å². The molecule has 158 valence electrons. The van der Waals surface area contributed by atoms with E-state index in [-0.39, 0.29) is 0 Å². The summed E-state index contributed by atoms with van der Waals surface area (Å²) >= 11 is 0. The van der Waals surface area contributed by atoms with Gasteiger partial charge in [0.25, 0.3) is 0 Å². The molecule has 0 radical (unpaired) electrons. The summed E-state index contributed by atoms with van der Waals surface area (Å²) in [6.07, 6.45) is 0. The van der Waals surface area contributed by atoms with Crippen LogP contribution in [0.3, 0.4) is 0 Å². The third kappa shape index (κ3) is 2.69. The molecule has 0 atom stereocenters. The van der Waals surface area contributed by atoms with Gasteiger partial charge in [0, 0.05) is 27.2 Å². The van der Waals surface area contributed by atoms with E-state index in [9.17, 15) is 0 Å².